The van der Waals surface area contributed by atoms with E-state index >= 15 is 0 Å². The predicted octanol–water partition coefficient (Wildman–Crippen LogP) is 4.77. The van der Waals surface area contributed by atoms with Crippen LogP contribution in [0.2, 0.25) is 0 Å². The second kappa shape index (κ2) is 12.5. The van der Waals surface area contributed by atoms with Gasteiger partial charge in [-0.15, -0.1) is 0 Å². The largest absolute Gasteiger partial charge is 0.220 e. The number of hydrogen-bond donors (Lipinski definition) is 0. The number of hydrogen-bond acceptors (Lipinski definition) is 2. The molecule has 0 amide bonds. The van der Waals surface area contributed by atoms with Gasteiger partial charge < -0.3 is 0 Å². The first-order valence-corrected chi connectivity index (χ1v) is 6.26. The molecule has 80 valence electrons. The monoisotopic (exact) mass is 211 g/mol. The topological polar surface area (TPSA) is 12.4 Å². The summed E-state index contributed by atoms with van der Waals surface area (Å²) in [6.45, 7) is 4.49. The van der Waals surface area contributed by atoms with Crippen molar-refractivity contribution in [2.24, 2.45) is 4.40 Å². The summed E-state index contributed by atoms with van der Waals surface area (Å²) in [5, 5.41) is 1.93. The zero-order valence-electron chi connectivity index (χ0n) is 9.28. The van der Waals surface area contributed by atoms with Crippen molar-refractivity contribution < 1.29 is 0 Å². The van der Waals surface area contributed by atoms with Gasteiger partial charge in [-0.3, -0.25) is 0 Å². The van der Waals surface area contributed by atoms with Gasteiger partial charge in [0.2, 0.25) is 0 Å². The van der Waals surface area contributed by atoms with E-state index in [2.05, 4.69) is 18.2 Å². The van der Waals surface area contributed by atoms with E-state index in [-0.39, 0.29) is 0 Å². The Hall–Kier alpha value is -0.500. The Morgan fingerprint density at radius 1 is 0.929 bits per heavy atom. The first-order chi connectivity index (χ1) is 6.91. The normalized spacial score (nSPS) is 13.3. The molecule has 0 bridgehead atoms. The molecule has 1 aliphatic heterocycles. The van der Waals surface area contributed by atoms with E-state index in [4.69, 9.17) is 0 Å². The van der Waals surface area contributed by atoms with Gasteiger partial charge in [0.25, 0.3) is 0 Å². The first kappa shape index (κ1) is 13.5. The van der Waals surface area contributed by atoms with Crippen LogP contribution in [-0.2, 0) is 0 Å². The fraction of sp³-hybridized carbons (Fsp3) is 0.583. The Balaban J connectivity index is 0.000000241. The zero-order chi connectivity index (χ0) is 10.5. The number of unbranched alkanes of at least 4 members (excludes halogenated alkanes) is 4. The summed E-state index contributed by atoms with van der Waals surface area (Å²) in [7, 11) is 0. The van der Waals surface area contributed by atoms with E-state index in [1.54, 1.807) is 6.21 Å². The molecule has 0 saturated heterocycles. The van der Waals surface area contributed by atoms with Crippen LogP contribution in [0.3, 0.4) is 0 Å². The molecule has 0 saturated carbocycles. The molecule has 0 N–H and O–H groups in total. The van der Waals surface area contributed by atoms with Crippen LogP contribution in [0.5, 0.6) is 0 Å². The van der Waals surface area contributed by atoms with Crippen molar-refractivity contribution >= 4 is 18.2 Å². The Morgan fingerprint density at radius 3 is 2.29 bits per heavy atom. The Kier molecular flexibility index (Phi) is 12.1. The van der Waals surface area contributed by atoms with Gasteiger partial charge in [0, 0.05) is 18.2 Å². The average molecular weight is 211 g/mol. The predicted molar refractivity (Wildman–Crippen MR) is 68.8 cm³/mol. The lowest BCUT2D eigenvalue weighted by molar-refractivity contribution is 0.656. The van der Waals surface area contributed by atoms with Crippen LogP contribution in [0.1, 0.15) is 46.0 Å². The third kappa shape index (κ3) is 11.5. The molecular formula is C12H21NS. The minimum atomic E-state index is 1.36. The minimum Gasteiger partial charge on any atom is -0.220 e. The van der Waals surface area contributed by atoms with E-state index in [1.165, 1.54) is 44.1 Å². The molecule has 1 rings (SSSR count). The van der Waals surface area contributed by atoms with Crippen molar-refractivity contribution in [3.8, 4) is 0 Å². The van der Waals surface area contributed by atoms with Crippen molar-refractivity contribution in [1.29, 1.82) is 0 Å². The summed E-state index contributed by atoms with van der Waals surface area (Å²) in [5.74, 6) is 0. The molecule has 1 nitrogen and oxygen atoms in total. The van der Waals surface area contributed by atoms with Crippen molar-refractivity contribution in [2.45, 2.75) is 46.0 Å². The quantitative estimate of drug-likeness (QED) is 0.482. The lowest BCUT2D eigenvalue weighted by Gasteiger charge is -1.90. The van der Waals surface area contributed by atoms with E-state index in [1.807, 2.05) is 23.6 Å². The summed E-state index contributed by atoms with van der Waals surface area (Å²) >= 11 is 1.44. The number of rotatable bonds is 4. The highest BCUT2D eigenvalue weighted by Crippen LogP contribution is 2.03. The Morgan fingerprint density at radius 2 is 1.64 bits per heavy atom. The van der Waals surface area contributed by atoms with Gasteiger partial charge in [0.15, 0.2) is 0 Å². The Labute approximate surface area is 92.5 Å². The van der Waals surface area contributed by atoms with E-state index in [0.717, 1.165) is 0 Å². The molecule has 0 aromatic rings. The maximum Gasteiger partial charge on any atom is 0.0355 e. The molecule has 2 heteroatoms. The van der Waals surface area contributed by atoms with E-state index < -0.39 is 0 Å². The second-order valence-electron chi connectivity index (χ2n) is 3.13. The Bertz CT molecular complexity index is 165. The highest BCUT2D eigenvalue weighted by Gasteiger charge is 1.80. The molecular weight excluding hydrogens is 190 g/mol. The molecule has 14 heavy (non-hydrogen) atoms. The molecule has 0 fully saturated rings. The van der Waals surface area contributed by atoms with Crippen molar-refractivity contribution in [2.75, 3.05) is 0 Å². The average Bonchev–Trinajstić information content (AvgIpc) is 2.51. The molecule has 0 aromatic heterocycles. The van der Waals surface area contributed by atoms with Gasteiger partial charge in [-0.25, -0.2) is 4.40 Å². The minimum absolute atomic E-state index is 1.36. The van der Waals surface area contributed by atoms with Crippen LogP contribution in [0.4, 0.5) is 0 Å². The molecule has 0 aliphatic carbocycles. The van der Waals surface area contributed by atoms with Gasteiger partial charge in [-0.1, -0.05) is 58.1 Å². The maximum atomic E-state index is 3.89. The van der Waals surface area contributed by atoms with Gasteiger partial charge in [0.1, 0.15) is 0 Å². The van der Waals surface area contributed by atoms with Crippen LogP contribution < -0.4 is 0 Å². The first-order valence-electron chi connectivity index (χ1n) is 5.42. The zero-order valence-corrected chi connectivity index (χ0v) is 10.1. The van der Waals surface area contributed by atoms with Crippen LogP contribution in [-0.4, -0.2) is 6.21 Å². The number of nitrogens with zero attached hydrogens (tertiary/aromatic N) is 1. The maximum absolute atomic E-state index is 3.89. The summed E-state index contributed by atoms with van der Waals surface area (Å²) in [6, 6.07) is 0. The standard InChI is InChI=1S/C7H16.C5H5NS/c1-3-5-7-6-4-2;1-2-4-6-7-5-3-1/h3-7H2,1-2H3;1-5H. The van der Waals surface area contributed by atoms with Gasteiger partial charge in [-0.2, -0.15) is 0 Å². The smallest absolute Gasteiger partial charge is 0.0355 e. The third-order valence-electron chi connectivity index (χ3n) is 1.78. The summed E-state index contributed by atoms with van der Waals surface area (Å²) < 4.78 is 3.89. The van der Waals surface area contributed by atoms with Crippen LogP contribution in [0.15, 0.2) is 28.0 Å². The van der Waals surface area contributed by atoms with Crippen molar-refractivity contribution in [3.63, 3.8) is 0 Å². The lowest BCUT2D eigenvalue weighted by atomic mass is 10.2. The number of allylic oxidation sites excluding steroid dienone is 3. The fourth-order valence-corrected chi connectivity index (χ4v) is 1.35. The highest BCUT2D eigenvalue weighted by molar-refractivity contribution is 8.01. The third-order valence-corrected chi connectivity index (χ3v) is 2.30. The highest BCUT2D eigenvalue weighted by atomic mass is 32.2. The molecule has 1 heterocycles. The molecule has 0 atom stereocenters. The molecule has 1 aliphatic rings. The SMILES string of the molecule is C1=CC=NSC=C1.CCCCCCC. The fourth-order valence-electron chi connectivity index (χ4n) is 0.977. The lowest BCUT2D eigenvalue weighted by Crippen LogP contribution is -1.70. The molecule has 0 aromatic carbocycles. The molecule has 0 spiro atoms. The van der Waals surface area contributed by atoms with Gasteiger partial charge in [0.05, 0.1) is 0 Å². The van der Waals surface area contributed by atoms with Crippen LogP contribution in [0, 0.1) is 0 Å². The van der Waals surface area contributed by atoms with Crippen LogP contribution >= 0.6 is 11.9 Å². The second-order valence-corrected chi connectivity index (χ2v) is 3.83. The van der Waals surface area contributed by atoms with E-state index in [9.17, 15) is 0 Å². The molecule has 0 radical (unpaired) electrons. The van der Waals surface area contributed by atoms with Gasteiger partial charge >= 0.3 is 0 Å². The van der Waals surface area contributed by atoms with Gasteiger partial charge in [-0.05, 0) is 11.5 Å². The molecule has 0 unspecified atom stereocenters. The van der Waals surface area contributed by atoms with Crippen LogP contribution in [0.25, 0.3) is 0 Å². The summed E-state index contributed by atoms with van der Waals surface area (Å²) in [6.07, 6.45) is 14.6. The summed E-state index contributed by atoms with van der Waals surface area (Å²) in [5.41, 5.74) is 0. The summed E-state index contributed by atoms with van der Waals surface area (Å²) in [4.78, 5) is 0. The van der Waals surface area contributed by atoms with E-state index in [0.29, 0.717) is 0 Å². The van der Waals surface area contributed by atoms with Crippen molar-refractivity contribution in [3.05, 3.63) is 23.6 Å². The van der Waals surface area contributed by atoms with Crippen molar-refractivity contribution in [1.82, 2.24) is 0 Å².